The van der Waals surface area contributed by atoms with Gasteiger partial charge in [0.15, 0.2) is 0 Å². The third-order valence-corrected chi connectivity index (χ3v) is 12.6. The quantitative estimate of drug-likeness (QED) is 0.0991. The molecule has 0 atom stereocenters. The van der Waals surface area contributed by atoms with Crippen LogP contribution >= 0.6 is 0 Å². The molecule has 1 heterocycles. The average Bonchev–Trinajstić information content (AvgIpc) is 3.54. The Hall–Kier alpha value is -5.97. The first-order valence-corrected chi connectivity index (χ1v) is 18.3. The Morgan fingerprint density at radius 3 is 1.41 bits per heavy atom. The zero-order valence-electron chi connectivity index (χ0n) is 26.4. The van der Waals surface area contributed by atoms with Gasteiger partial charge < -0.3 is 0 Å². The Morgan fingerprint density at radius 2 is 0.837 bits per heavy atom. The maximum absolute atomic E-state index is 8.03. The van der Waals surface area contributed by atoms with Crippen LogP contribution in [0.4, 0.5) is 5.69 Å². The normalized spacial score (nSPS) is 11.7. The number of nitrogens with zero attached hydrogens (tertiary/aromatic N) is 1. The van der Waals surface area contributed by atoms with Gasteiger partial charge in [0.1, 0.15) is 0 Å². The summed E-state index contributed by atoms with van der Waals surface area (Å²) in [7, 11) is 0. The molecule has 0 bridgehead atoms. The minimum atomic E-state index is 0.111. The van der Waals surface area contributed by atoms with Gasteiger partial charge in [0.25, 0.3) is 0 Å². The van der Waals surface area contributed by atoms with E-state index in [1.54, 1.807) is 0 Å². The summed E-state index contributed by atoms with van der Waals surface area (Å²) in [6, 6.07) is 59.4. The molecule has 0 aliphatic carbocycles. The van der Waals surface area contributed by atoms with Crippen LogP contribution < -0.4 is 0 Å². The Morgan fingerprint density at radius 1 is 0.367 bits per heavy atom. The van der Waals surface area contributed by atoms with Crippen LogP contribution in [0, 0.1) is 6.57 Å². The molecule has 10 aromatic rings. The topological polar surface area (TPSA) is 4.36 Å². The van der Waals surface area contributed by atoms with E-state index in [1.807, 2.05) is 12.1 Å². The van der Waals surface area contributed by atoms with Crippen LogP contribution in [0.25, 0.3) is 101 Å². The van der Waals surface area contributed by atoms with E-state index in [-0.39, 0.29) is 14.5 Å². The summed E-state index contributed by atoms with van der Waals surface area (Å²) in [6.45, 7) is 8.03. The van der Waals surface area contributed by atoms with Crippen LogP contribution in [-0.2, 0) is 0 Å². The number of rotatable bonds is 3. The Kier molecular flexibility index (Phi) is 6.33. The third-order valence-electron chi connectivity index (χ3n) is 10.1. The molecule has 0 spiro atoms. The summed E-state index contributed by atoms with van der Waals surface area (Å²) in [4.78, 5) is 4.00. The molecule has 0 unspecified atom stereocenters. The van der Waals surface area contributed by atoms with E-state index in [4.69, 9.17) is 6.57 Å². The SMILES string of the molecule is [C-]#[N+]c1c2ccccc2c(-c2ccc3c(c2)[se]c2c(-c4c5ccccc5c(-c5ccccc5)c5ccccc45)cccc23)c2ccccc12. The summed E-state index contributed by atoms with van der Waals surface area (Å²) in [5.41, 5.74) is 8.35. The van der Waals surface area contributed by atoms with E-state index in [1.165, 1.54) is 74.2 Å². The second kappa shape index (κ2) is 11.0. The summed E-state index contributed by atoms with van der Waals surface area (Å²) in [5, 5.41) is 12.1. The van der Waals surface area contributed by atoms with E-state index >= 15 is 0 Å². The van der Waals surface area contributed by atoms with Crippen molar-refractivity contribution in [1.29, 1.82) is 0 Å². The zero-order valence-corrected chi connectivity index (χ0v) is 28.2. The fourth-order valence-corrected chi connectivity index (χ4v) is 10.7. The van der Waals surface area contributed by atoms with Crippen LogP contribution in [0.15, 0.2) is 164 Å². The molecular weight excluding hydrogens is 657 g/mol. The van der Waals surface area contributed by atoms with E-state index < -0.39 is 0 Å². The van der Waals surface area contributed by atoms with Gasteiger partial charge in [-0.1, -0.05) is 0 Å². The molecule has 1 nitrogen and oxygen atoms in total. The molecular formula is C47H27NSe. The monoisotopic (exact) mass is 685 g/mol. The average molecular weight is 685 g/mol. The van der Waals surface area contributed by atoms with Gasteiger partial charge in [0.2, 0.25) is 0 Å². The van der Waals surface area contributed by atoms with Gasteiger partial charge in [-0.25, -0.2) is 0 Å². The number of benzene rings is 9. The van der Waals surface area contributed by atoms with Gasteiger partial charge >= 0.3 is 291 Å². The summed E-state index contributed by atoms with van der Waals surface area (Å²) >= 11 is 0.111. The van der Waals surface area contributed by atoms with Crippen molar-refractivity contribution < 1.29 is 0 Å². The fourth-order valence-electron chi connectivity index (χ4n) is 8.02. The van der Waals surface area contributed by atoms with Crippen molar-refractivity contribution in [3.63, 3.8) is 0 Å². The van der Waals surface area contributed by atoms with Crippen molar-refractivity contribution in [2.24, 2.45) is 0 Å². The van der Waals surface area contributed by atoms with Gasteiger partial charge in [0.05, 0.1) is 0 Å². The standard InChI is InChI=1S/C47H27NSe/c1-48-46-38-22-11-9-20-36(38)44(37-21-10-12-23-39(37)46)30-26-27-31-40-24-13-25-41(47(40)49-42(31)28-30)45-34-18-7-5-16-32(34)43(29-14-3-2-4-15-29)33-17-6-8-19-35(33)45/h2-28H. The van der Waals surface area contributed by atoms with Gasteiger partial charge in [-0.3, -0.25) is 0 Å². The molecule has 0 amide bonds. The minimum absolute atomic E-state index is 0.111. The molecule has 1 aromatic heterocycles. The predicted molar refractivity (Wildman–Crippen MR) is 211 cm³/mol. The third kappa shape index (κ3) is 4.17. The summed E-state index contributed by atoms with van der Waals surface area (Å²) < 4.78 is 2.85. The molecule has 9 aromatic carbocycles. The van der Waals surface area contributed by atoms with Crippen molar-refractivity contribution in [3.05, 3.63) is 175 Å². The number of hydrogen-bond donors (Lipinski definition) is 0. The Labute approximate surface area is 289 Å². The molecule has 0 aliphatic heterocycles. The van der Waals surface area contributed by atoms with Gasteiger partial charge in [-0.05, 0) is 0 Å². The van der Waals surface area contributed by atoms with E-state index in [2.05, 4.69) is 157 Å². The van der Waals surface area contributed by atoms with Crippen LogP contribution in [0.1, 0.15) is 0 Å². The van der Waals surface area contributed by atoms with Crippen molar-refractivity contribution in [1.82, 2.24) is 0 Å². The van der Waals surface area contributed by atoms with Crippen LogP contribution in [0.2, 0.25) is 0 Å². The van der Waals surface area contributed by atoms with Crippen LogP contribution in [-0.4, -0.2) is 14.5 Å². The molecule has 2 heteroatoms. The summed E-state index contributed by atoms with van der Waals surface area (Å²) in [5.74, 6) is 0. The van der Waals surface area contributed by atoms with Crippen molar-refractivity contribution in [2.75, 3.05) is 0 Å². The number of hydrogen-bond acceptors (Lipinski definition) is 0. The molecule has 0 saturated carbocycles. The van der Waals surface area contributed by atoms with Gasteiger partial charge in [0, 0.05) is 0 Å². The van der Waals surface area contributed by atoms with Crippen LogP contribution in [0.5, 0.6) is 0 Å². The number of fused-ring (bicyclic) bond motifs is 7. The molecule has 0 aliphatic rings. The van der Waals surface area contributed by atoms with E-state index in [9.17, 15) is 0 Å². The molecule has 0 saturated heterocycles. The van der Waals surface area contributed by atoms with Crippen LogP contribution in [0.3, 0.4) is 0 Å². The van der Waals surface area contributed by atoms with Crippen molar-refractivity contribution in [2.45, 2.75) is 0 Å². The summed E-state index contributed by atoms with van der Waals surface area (Å²) in [6.07, 6.45) is 0. The maximum atomic E-state index is 8.03. The van der Waals surface area contributed by atoms with Crippen molar-refractivity contribution in [3.8, 4) is 33.4 Å². The molecule has 49 heavy (non-hydrogen) atoms. The van der Waals surface area contributed by atoms with Gasteiger partial charge in [-0.2, -0.15) is 0 Å². The molecule has 0 radical (unpaired) electrons. The second-order valence-corrected chi connectivity index (χ2v) is 14.8. The molecule has 226 valence electrons. The first kappa shape index (κ1) is 28.1. The predicted octanol–water partition coefficient (Wildman–Crippen LogP) is 13.2. The molecule has 0 fully saturated rings. The zero-order chi connectivity index (χ0) is 32.5. The Bertz CT molecular complexity index is 2880. The molecule has 0 N–H and O–H groups in total. The molecule has 10 rings (SSSR count). The fraction of sp³-hybridized carbons (Fsp3) is 0. The van der Waals surface area contributed by atoms with E-state index in [0.717, 1.165) is 27.2 Å². The van der Waals surface area contributed by atoms with Crippen molar-refractivity contribution >= 4 is 82.6 Å². The first-order valence-electron chi connectivity index (χ1n) is 16.6. The Balaban J connectivity index is 1.26. The van der Waals surface area contributed by atoms with Gasteiger partial charge in [-0.15, -0.1) is 0 Å². The first-order chi connectivity index (χ1) is 24.3. The van der Waals surface area contributed by atoms with E-state index in [0.29, 0.717) is 0 Å². The second-order valence-electron chi connectivity index (χ2n) is 12.6.